The number of rotatable bonds is 9. The normalized spacial score (nSPS) is 13.9. The number of nitrogens with zero attached hydrogens (tertiary/aromatic N) is 1. The lowest BCUT2D eigenvalue weighted by atomic mass is 10.00. The van der Waals surface area contributed by atoms with Gasteiger partial charge in [-0.2, -0.15) is 0 Å². The molecule has 8 nitrogen and oxygen atoms in total. The van der Waals surface area contributed by atoms with E-state index < -0.39 is 29.7 Å². The molecule has 0 saturated carbocycles. The molecule has 0 unspecified atom stereocenters. The van der Waals surface area contributed by atoms with Gasteiger partial charge in [0.2, 0.25) is 5.91 Å². The summed E-state index contributed by atoms with van der Waals surface area (Å²) < 4.78 is 5.25. The quantitative estimate of drug-likeness (QED) is 0.593. The Kier molecular flexibility index (Phi) is 10.4. The fraction of sp³-hybridized carbons (Fsp3) is 0.842. The topological polar surface area (TPSA) is 97.0 Å². The zero-order valence-electron chi connectivity index (χ0n) is 18.2. The van der Waals surface area contributed by atoms with E-state index in [0.717, 1.165) is 5.06 Å². The van der Waals surface area contributed by atoms with E-state index in [4.69, 9.17) is 9.57 Å². The Morgan fingerprint density at radius 3 is 1.81 bits per heavy atom. The minimum Gasteiger partial charge on any atom is -0.444 e. The molecule has 0 aliphatic carbocycles. The van der Waals surface area contributed by atoms with Crippen molar-refractivity contribution in [2.24, 2.45) is 11.8 Å². The smallest absolute Gasteiger partial charge is 0.408 e. The zero-order valence-corrected chi connectivity index (χ0v) is 18.2. The van der Waals surface area contributed by atoms with E-state index in [1.165, 1.54) is 14.2 Å². The molecule has 0 heterocycles. The number of hydroxylamine groups is 2. The Bertz CT molecular complexity index is 500. The molecule has 2 atom stereocenters. The first-order chi connectivity index (χ1) is 12.3. The maximum absolute atomic E-state index is 12.8. The summed E-state index contributed by atoms with van der Waals surface area (Å²) in [6.07, 6.45) is 0.219. The van der Waals surface area contributed by atoms with Crippen molar-refractivity contribution in [1.82, 2.24) is 15.7 Å². The average Bonchev–Trinajstić information content (AvgIpc) is 2.49. The monoisotopic (exact) mass is 387 g/mol. The summed E-state index contributed by atoms with van der Waals surface area (Å²) in [5, 5.41) is 6.46. The molecule has 0 radical (unpaired) electrons. The maximum Gasteiger partial charge on any atom is 0.408 e. The highest BCUT2D eigenvalue weighted by molar-refractivity contribution is 5.91. The van der Waals surface area contributed by atoms with Crippen molar-refractivity contribution in [2.75, 3.05) is 14.2 Å². The second-order valence-corrected chi connectivity index (χ2v) is 8.54. The molecule has 158 valence electrons. The van der Waals surface area contributed by atoms with E-state index in [0.29, 0.717) is 12.8 Å². The minimum atomic E-state index is -0.796. The molecule has 0 aromatic carbocycles. The van der Waals surface area contributed by atoms with Crippen molar-refractivity contribution in [2.45, 2.75) is 79.0 Å². The van der Waals surface area contributed by atoms with Gasteiger partial charge in [-0.15, -0.1) is 0 Å². The number of carbonyl (C=O) groups excluding carboxylic acids is 3. The molecule has 2 N–H and O–H groups in total. The molecule has 0 spiro atoms. The van der Waals surface area contributed by atoms with Gasteiger partial charge in [-0.1, -0.05) is 27.7 Å². The molecule has 3 amide bonds. The van der Waals surface area contributed by atoms with Gasteiger partial charge in [-0.05, 0) is 45.4 Å². The summed E-state index contributed by atoms with van der Waals surface area (Å²) in [7, 11) is 2.88. The first-order valence-corrected chi connectivity index (χ1v) is 9.38. The van der Waals surface area contributed by atoms with Crippen molar-refractivity contribution < 1.29 is 24.0 Å². The highest BCUT2D eigenvalue weighted by atomic mass is 16.7. The number of hydrogen-bond donors (Lipinski definition) is 2. The van der Waals surface area contributed by atoms with E-state index in [9.17, 15) is 14.4 Å². The van der Waals surface area contributed by atoms with Crippen molar-refractivity contribution >= 4 is 17.9 Å². The highest BCUT2D eigenvalue weighted by Gasteiger charge is 2.30. The van der Waals surface area contributed by atoms with Crippen LogP contribution < -0.4 is 10.6 Å². The predicted molar refractivity (Wildman–Crippen MR) is 104 cm³/mol. The summed E-state index contributed by atoms with van der Waals surface area (Å²) in [5.74, 6) is -0.415. The number of nitrogens with one attached hydrogen (secondary N) is 2. The third-order valence-corrected chi connectivity index (χ3v) is 3.62. The fourth-order valence-electron chi connectivity index (χ4n) is 2.43. The third-order valence-electron chi connectivity index (χ3n) is 3.62. The van der Waals surface area contributed by atoms with Crippen LogP contribution in [0.25, 0.3) is 0 Å². The van der Waals surface area contributed by atoms with Crippen LogP contribution >= 0.6 is 0 Å². The van der Waals surface area contributed by atoms with E-state index in [-0.39, 0.29) is 17.7 Å². The van der Waals surface area contributed by atoms with Crippen LogP contribution in [-0.4, -0.2) is 54.8 Å². The van der Waals surface area contributed by atoms with E-state index >= 15 is 0 Å². The lowest BCUT2D eigenvalue weighted by Gasteiger charge is -2.28. The summed E-state index contributed by atoms with van der Waals surface area (Å²) in [5.41, 5.74) is -0.666. The van der Waals surface area contributed by atoms with Crippen molar-refractivity contribution in [1.29, 1.82) is 0 Å². The second-order valence-electron chi connectivity index (χ2n) is 8.54. The Hall–Kier alpha value is -1.83. The largest absolute Gasteiger partial charge is 0.444 e. The van der Waals surface area contributed by atoms with Gasteiger partial charge >= 0.3 is 6.09 Å². The lowest BCUT2D eigenvalue weighted by molar-refractivity contribution is -0.172. The Balaban J connectivity index is 5.25. The third kappa shape index (κ3) is 10.8. The molecule has 0 fully saturated rings. The second kappa shape index (κ2) is 11.1. The molecule has 0 aromatic heterocycles. The Morgan fingerprint density at radius 1 is 0.926 bits per heavy atom. The van der Waals surface area contributed by atoms with Gasteiger partial charge in [0.15, 0.2) is 0 Å². The van der Waals surface area contributed by atoms with Crippen LogP contribution in [0.3, 0.4) is 0 Å². The molecule has 0 saturated heterocycles. The lowest BCUT2D eigenvalue weighted by Crippen LogP contribution is -2.54. The molecular formula is C19H37N3O5. The average molecular weight is 388 g/mol. The first-order valence-electron chi connectivity index (χ1n) is 9.38. The van der Waals surface area contributed by atoms with Gasteiger partial charge in [0, 0.05) is 7.05 Å². The zero-order chi connectivity index (χ0) is 21.4. The van der Waals surface area contributed by atoms with Crippen LogP contribution in [0.4, 0.5) is 4.79 Å². The van der Waals surface area contributed by atoms with Gasteiger partial charge in [-0.3, -0.25) is 14.4 Å². The van der Waals surface area contributed by atoms with Gasteiger partial charge < -0.3 is 15.4 Å². The Labute approximate surface area is 163 Å². The molecule has 27 heavy (non-hydrogen) atoms. The van der Waals surface area contributed by atoms with Crippen molar-refractivity contribution in [3.63, 3.8) is 0 Å². The summed E-state index contributed by atoms with van der Waals surface area (Å²) in [6.45, 7) is 13.1. The van der Waals surface area contributed by atoms with Crippen LogP contribution in [0.1, 0.15) is 61.3 Å². The summed E-state index contributed by atoms with van der Waals surface area (Å²) >= 11 is 0. The number of hydrogen-bond acceptors (Lipinski definition) is 5. The van der Waals surface area contributed by atoms with Crippen LogP contribution in [0, 0.1) is 11.8 Å². The minimum absolute atomic E-state index is 0.164. The fourth-order valence-corrected chi connectivity index (χ4v) is 2.43. The van der Waals surface area contributed by atoms with Crippen molar-refractivity contribution in [3.05, 3.63) is 0 Å². The standard InChI is InChI=1S/C19H37N3O5/c1-12(2)10-14(21-18(25)27-19(5,6)7)16(23)20-15(11-13(3)4)17(24)22(8)26-9/h12-15H,10-11H2,1-9H3,(H,20,23)(H,21,25)/t14-,15-/m0/s1. The van der Waals surface area contributed by atoms with Crippen LogP contribution in [0.15, 0.2) is 0 Å². The van der Waals surface area contributed by atoms with Crippen LogP contribution in [-0.2, 0) is 19.2 Å². The SMILES string of the molecule is CON(C)C(=O)[C@H](CC(C)C)NC(=O)[C@H](CC(C)C)NC(=O)OC(C)(C)C. The van der Waals surface area contributed by atoms with Crippen LogP contribution in [0.2, 0.25) is 0 Å². The first kappa shape index (κ1) is 25.2. The molecule has 0 aliphatic heterocycles. The van der Waals surface area contributed by atoms with E-state index in [1.807, 2.05) is 27.7 Å². The molecule has 0 aliphatic rings. The molecule has 0 bridgehead atoms. The summed E-state index contributed by atoms with van der Waals surface area (Å²) in [4.78, 5) is 42.3. The van der Waals surface area contributed by atoms with E-state index in [2.05, 4.69) is 10.6 Å². The summed E-state index contributed by atoms with van der Waals surface area (Å²) in [6, 6.07) is -1.53. The molecule has 0 aromatic rings. The number of ether oxygens (including phenoxy) is 1. The highest BCUT2D eigenvalue weighted by Crippen LogP contribution is 2.12. The van der Waals surface area contributed by atoms with Gasteiger partial charge in [0.05, 0.1) is 7.11 Å². The number of carbonyl (C=O) groups is 3. The number of alkyl carbamates (subject to hydrolysis) is 1. The van der Waals surface area contributed by atoms with Crippen molar-refractivity contribution in [3.8, 4) is 0 Å². The number of amides is 3. The number of likely N-dealkylation sites (N-methyl/N-ethyl adjacent to an activating group) is 1. The Morgan fingerprint density at radius 2 is 1.41 bits per heavy atom. The predicted octanol–water partition coefficient (Wildman–Crippen LogP) is 2.48. The van der Waals surface area contributed by atoms with Gasteiger partial charge in [0.1, 0.15) is 17.7 Å². The van der Waals surface area contributed by atoms with E-state index in [1.54, 1.807) is 20.8 Å². The van der Waals surface area contributed by atoms with Crippen LogP contribution in [0.5, 0.6) is 0 Å². The maximum atomic E-state index is 12.8. The van der Waals surface area contributed by atoms with Gasteiger partial charge in [-0.25, -0.2) is 9.86 Å². The van der Waals surface area contributed by atoms with Gasteiger partial charge in [0.25, 0.3) is 5.91 Å². The molecule has 0 rings (SSSR count). The molecule has 8 heteroatoms. The molecular weight excluding hydrogens is 350 g/mol.